The normalized spacial score (nSPS) is 13.4. The average molecular weight is 522 g/mol. The van der Waals surface area contributed by atoms with Crippen molar-refractivity contribution in [3.8, 4) is 11.4 Å². The summed E-state index contributed by atoms with van der Waals surface area (Å²) in [6.45, 7) is 0.181. The summed E-state index contributed by atoms with van der Waals surface area (Å²) in [6, 6.07) is 43.2. The molecule has 40 heavy (non-hydrogen) atoms. The van der Waals surface area contributed by atoms with Crippen LogP contribution in [0.15, 0.2) is 115 Å². The first-order valence-corrected chi connectivity index (χ1v) is 14.7. The van der Waals surface area contributed by atoms with Gasteiger partial charge in [0, 0.05) is 58.6 Å². The van der Waals surface area contributed by atoms with E-state index in [2.05, 4.69) is 124 Å². The summed E-state index contributed by atoms with van der Waals surface area (Å²) in [6.07, 6.45) is 0. The van der Waals surface area contributed by atoms with Crippen LogP contribution in [0.3, 0.4) is 0 Å². The second-order valence-electron chi connectivity index (χ2n) is 11.3. The van der Waals surface area contributed by atoms with Gasteiger partial charge in [-0.15, -0.1) is 11.3 Å². The zero-order valence-corrected chi connectivity index (χ0v) is 22.2. The maximum Gasteiger partial charge on any atom is 0.252 e. The van der Waals surface area contributed by atoms with Crippen molar-refractivity contribution in [2.75, 3.05) is 0 Å². The topological polar surface area (TPSA) is 9.86 Å². The summed E-state index contributed by atoms with van der Waals surface area (Å²) >= 11 is 1.93. The molecule has 0 aliphatic carbocycles. The Labute approximate surface area is 233 Å². The lowest BCUT2D eigenvalue weighted by atomic mass is 9.34. The Kier molecular flexibility index (Phi) is 3.36. The number of benzene rings is 6. The molecular weight excluding hydrogens is 503 g/mol. The highest BCUT2D eigenvalue weighted by Crippen LogP contribution is 2.44. The van der Waals surface area contributed by atoms with E-state index in [4.69, 9.17) is 0 Å². The Morgan fingerprint density at radius 1 is 0.475 bits per heavy atom. The molecule has 6 aromatic carbocycles. The number of nitrogens with zero attached hydrogens (tertiary/aromatic N) is 2. The van der Waals surface area contributed by atoms with Crippen LogP contribution in [0.2, 0.25) is 0 Å². The molecule has 2 nitrogen and oxygen atoms in total. The number of hydrogen-bond donors (Lipinski definition) is 0. The lowest BCUT2D eigenvalue weighted by Crippen LogP contribution is -2.59. The van der Waals surface area contributed by atoms with Gasteiger partial charge in [0.15, 0.2) is 0 Å². The van der Waals surface area contributed by atoms with Crippen LogP contribution in [0.5, 0.6) is 0 Å². The molecule has 2 aliphatic rings. The van der Waals surface area contributed by atoms with Gasteiger partial charge >= 0.3 is 0 Å². The Balaban J connectivity index is 1.44. The molecule has 9 aromatic rings. The van der Waals surface area contributed by atoms with E-state index in [1.54, 1.807) is 0 Å². The molecule has 0 N–H and O–H groups in total. The highest BCUT2D eigenvalue weighted by atomic mass is 32.1. The van der Waals surface area contributed by atoms with Crippen molar-refractivity contribution in [1.29, 1.82) is 0 Å². The van der Waals surface area contributed by atoms with Gasteiger partial charge in [0.05, 0.1) is 16.6 Å². The molecule has 3 aromatic heterocycles. The van der Waals surface area contributed by atoms with E-state index in [-0.39, 0.29) is 6.71 Å². The summed E-state index contributed by atoms with van der Waals surface area (Å²) in [5.74, 6) is 0. The lowest BCUT2D eigenvalue weighted by molar-refractivity contribution is 1.14. The van der Waals surface area contributed by atoms with Gasteiger partial charge in [-0.3, -0.25) is 0 Å². The first-order chi connectivity index (χ1) is 19.9. The maximum atomic E-state index is 2.57. The predicted octanol–water partition coefficient (Wildman–Crippen LogP) is 7.39. The minimum absolute atomic E-state index is 0.181. The Morgan fingerprint density at radius 3 is 1.98 bits per heavy atom. The summed E-state index contributed by atoms with van der Waals surface area (Å²) in [4.78, 5) is 0. The molecule has 0 radical (unpaired) electrons. The summed E-state index contributed by atoms with van der Waals surface area (Å²) < 4.78 is 7.83. The minimum Gasteiger partial charge on any atom is -0.310 e. The number of fused-ring (bicyclic) bond motifs is 14. The molecule has 0 fully saturated rings. The first kappa shape index (κ1) is 20.2. The van der Waals surface area contributed by atoms with Gasteiger partial charge in [-0.25, -0.2) is 0 Å². The van der Waals surface area contributed by atoms with Crippen molar-refractivity contribution in [1.82, 2.24) is 9.13 Å². The van der Waals surface area contributed by atoms with Crippen molar-refractivity contribution in [3.63, 3.8) is 0 Å². The highest BCUT2D eigenvalue weighted by molar-refractivity contribution is 7.26. The van der Waals surface area contributed by atoms with Gasteiger partial charge in [0.1, 0.15) is 0 Å². The van der Waals surface area contributed by atoms with E-state index in [1.165, 1.54) is 91.5 Å². The zero-order valence-electron chi connectivity index (χ0n) is 21.3. The molecule has 0 spiro atoms. The fraction of sp³-hybridized carbons (Fsp3) is 0. The van der Waals surface area contributed by atoms with Crippen LogP contribution in [0.25, 0.3) is 75.2 Å². The van der Waals surface area contributed by atoms with Crippen LogP contribution in [-0.2, 0) is 0 Å². The monoisotopic (exact) mass is 522 g/mol. The van der Waals surface area contributed by atoms with E-state index in [9.17, 15) is 0 Å². The molecule has 0 atom stereocenters. The first-order valence-electron chi connectivity index (χ1n) is 13.9. The number of rotatable bonds is 0. The minimum atomic E-state index is 0.181. The molecule has 0 amide bonds. The number of hydrogen-bond acceptors (Lipinski definition) is 1. The van der Waals surface area contributed by atoms with Crippen molar-refractivity contribution in [2.24, 2.45) is 0 Å². The van der Waals surface area contributed by atoms with Crippen molar-refractivity contribution in [3.05, 3.63) is 115 Å². The van der Waals surface area contributed by atoms with E-state index in [0.717, 1.165) is 0 Å². The lowest BCUT2D eigenvalue weighted by Gasteiger charge is -2.33. The van der Waals surface area contributed by atoms with Crippen LogP contribution in [0.1, 0.15) is 0 Å². The van der Waals surface area contributed by atoms with E-state index in [0.29, 0.717) is 0 Å². The largest absolute Gasteiger partial charge is 0.310 e. The molecule has 4 heteroatoms. The van der Waals surface area contributed by atoms with Gasteiger partial charge in [0.2, 0.25) is 0 Å². The second kappa shape index (κ2) is 6.67. The van der Waals surface area contributed by atoms with Gasteiger partial charge in [-0.05, 0) is 52.8 Å². The van der Waals surface area contributed by atoms with Gasteiger partial charge < -0.3 is 9.13 Å². The third-order valence-electron chi connectivity index (χ3n) is 9.49. The van der Waals surface area contributed by atoms with Gasteiger partial charge in [0.25, 0.3) is 6.71 Å². The molecule has 2 aliphatic heterocycles. The van der Waals surface area contributed by atoms with E-state index >= 15 is 0 Å². The van der Waals surface area contributed by atoms with Crippen molar-refractivity contribution >= 4 is 98.2 Å². The second-order valence-corrected chi connectivity index (χ2v) is 12.3. The molecule has 0 saturated heterocycles. The molecule has 0 saturated carbocycles. The predicted molar refractivity (Wildman–Crippen MR) is 173 cm³/mol. The van der Waals surface area contributed by atoms with E-state index in [1.807, 2.05) is 11.3 Å². The highest BCUT2D eigenvalue weighted by Gasteiger charge is 2.41. The van der Waals surface area contributed by atoms with Crippen LogP contribution in [0, 0.1) is 0 Å². The molecular formula is C36H19BN2S. The average Bonchev–Trinajstić information content (AvgIpc) is 3.66. The van der Waals surface area contributed by atoms with Crippen LogP contribution < -0.4 is 16.4 Å². The molecule has 0 unspecified atom stereocenters. The summed E-state index contributed by atoms with van der Waals surface area (Å²) in [5, 5.41) is 8.17. The Morgan fingerprint density at radius 2 is 1.12 bits per heavy atom. The quantitative estimate of drug-likeness (QED) is 0.184. The van der Waals surface area contributed by atoms with Crippen LogP contribution in [0.4, 0.5) is 0 Å². The number of thiophene rings is 1. The molecule has 5 heterocycles. The fourth-order valence-electron chi connectivity index (χ4n) is 8.10. The molecule has 182 valence electrons. The van der Waals surface area contributed by atoms with Gasteiger partial charge in [-0.1, -0.05) is 78.9 Å². The van der Waals surface area contributed by atoms with Crippen molar-refractivity contribution < 1.29 is 0 Å². The summed E-state index contributed by atoms with van der Waals surface area (Å²) in [7, 11) is 0. The van der Waals surface area contributed by atoms with Gasteiger partial charge in [-0.2, -0.15) is 0 Å². The molecule has 0 bridgehead atoms. The summed E-state index contributed by atoms with van der Waals surface area (Å²) in [5.41, 5.74) is 12.2. The number of aromatic nitrogens is 2. The van der Waals surface area contributed by atoms with Crippen LogP contribution >= 0.6 is 11.3 Å². The van der Waals surface area contributed by atoms with E-state index < -0.39 is 0 Å². The maximum absolute atomic E-state index is 2.57. The Hall–Kier alpha value is -4.80. The standard InChI is InChI=1S/C36H19BN2S/c1-4-14-26-20(9-1)21-12-7-13-24-35(21)38(26)28-16-8-17-29-34(28)37(24)25-19-31-32(23-11-3-6-18-30(23)40-31)33-22-10-2-5-15-27(22)39(29)36(25)33/h1-19H. The smallest absolute Gasteiger partial charge is 0.252 e. The fourth-order valence-corrected chi connectivity index (χ4v) is 9.27. The van der Waals surface area contributed by atoms with Crippen LogP contribution in [-0.4, -0.2) is 15.8 Å². The Bertz CT molecular complexity index is 2610. The third-order valence-corrected chi connectivity index (χ3v) is 10.6. The third kappa shape index (κ3) is 2.10. The molecule has 11 rings (SSSR count). The van der Waals surface area contributed by atoms with Crippen molar-refractivity contribution in [2.45, 2.75) is 0 Å². The SMILES string of the molecule is c1cc2c3c(c1)-n1c4ccccc4c4c5c(cc(c41)B3c1cccc3c4ccccc4n-2c13)sc1ccccc15. The number of para-hydroxylation sites is 3. The zero-order chi connectivity index (χ0) is 25.7.